The summed E-state index contributed by atoms with van der Waals surface area (Å²) in [6, 6.07) is -0.0390. The van der Waals surface area contributed by atoms with E-state index in [1.165, 1.54) is 0 Å². The first kappa shape index (κ1) is 7.34. The molecular formula is C6H13N3O. The van der Waals surface area contributed by atoms with Crippen LogP contribution in [0.25, 0.3) is 0 Å². The van der Waals surface area contributed by atoms with Crippen LogP contribution in [0, 0.1) is 0 Å². The highest BCUT2D eigenvalue weighted by Gasteiger charge is 2.37. The molecule has 0 spiro atoms. The summed E-state index contributed by atoms with van der Waals surface area (Å²) < 4.78 is 0. The van der Waals surface area contributed by atoms with Gasteiger partial charge in [-0.3, -0.25) is 0 Å². The number of nitrogens with one attached hydrogen (secondary N) is 1. The quantitative estimate of drug-likeness (QED) is 0.474. The first-order chi connectivity index (χ1) is 4.55. The third kappa shape index (κ3) is 1.21. The molecule has 1 fully saturated rings. The van der Waals surface area contributed by atoms with Crippen LogP contribution in [-0.4, -0.2) is 36.6 Å². The second-order valence-corrected chi connectivity index (χ2v) is 3.07. The zero-order valence-electron chi connectivity index (χ0n) is 6.35. The Kier molecular flexibility index (Phi) is 1.56. The lowest BCUT2D eigenvalue weighted by atomic mass is 9.94. The predicted molar refractivity (Wildman–Crippen MR) is 38.6 cm³/mol. The van der Waals surface area contributed by atoms with E-state index in [-0.39, 0.29) is 11.6 Å². The van der Waals surface area contributed by atoms with Crippen molar-refractivity contribution >= 4 is 6.03 Å². The van der Waals surface area contributed by atoms with E-state index >= 15 is 0 Å². The van der Waals surface area contributed by atoms with Crippen molar-refractivity contribution in [2.24, 2.45) is 5.73 Å². The molecule has 1 saturated heterocycles. The molecule has 10 heavy (non-hydrogen) atoms. The summed E-state index contributed by atoms with van der Waals surface area (Å²) >= 11 is 0. The van der Waals surface area contributed by atoms with Gasteiger partial charge in [-0.05, 0) is 6.92 Å². The van der Waals surface area contributed by atoms with Gasteiger partial charge in [-0.25, -0.2) is 4.79 Å². The molecular weight excluding hydrogens is 130 g/mol. The lowest BCUT2D eigenvalue weighted by Gasteiger charge is -2.44. The summed E-state index contributed by atoms with van der Waals surface area (Å²) in [5.74, 6) is 0. The maximum atomic E-state index is 10.8. The molecule has 0 aliphatic carbocycles. The minimum atomic E-state index is -0.160. The molecule has 1 aliphatic rings. The van der Waals surface area contributed by atoms with Gasteiger partial charge in [0.1, 0.15) is 0 Å². The Morgan fingerprint density at radius 3 is 2.50 bits per heavy atom. The predicted octanol–water partition coefficient (Wildman–Crippen LogP) is -0.641. The fraction of sp³-hybridized carbons (Fsp3) is 0.833. The van der Waals surface area contributed by atoms with Gasteiger partial charge >= 0.3 is 6.03 Å². The van der Waals surface area contributed by atoms with E-state index in [2.05, 4.69) is 5.32 Å². The molecule has 1 heterocycles. The van der Waals surface area contributed by atoms with Gasteiger partial charge in [0.15, 0.2) is 0 Å². The number of nitrogens with zero attached hydrogens (tertiary/aromatic N) is 1. The van der Waals surface area contributed by atoms with E-state index in [4.69, 9.17) is 5.73 Å². The van der Waals surface area contributed by atoms with Crippen LogP contribution >= 0.6 is 0 Å². The zero-order chi connectivity index (χ0) is 7.78. The molecule has 4 heteroatoms. The number of amides is 2. The Balaban J connectivity index is 2.33. The van der Waals surface area contributed by atoms with Gasteiger partial charge in [-0.2, -0.15) is 0 Å². The summed E-state index contributed by atoms with van der Waals surface area (Å²) in [5, 5.41) is 2.54. The van der Waals surface area contributed by atoms with E-state index in [1.807, 2.05) is 6.92 Å². The molecule has 0 unspecified atom stereocenters. The first-order valence-corrected chi connectivity index (χ1v) is 3.31. The van der Waals surface area contributed by atoms with Gasteiger partial charge in [0.05, 0.1) is 0 Å². The second-order valence-electron chi connectivity index (χ2n) is 3.07. The van der Waals surface area contributed by atoms with Crippen molar-refractivity contribution in [3.63, 3.8) is 0 Å². The molecule has 0 saturated carbocycles. The van der Waals surface area contributed by atoms with Gasteiger partial charge in [0.2, 0.25) is 0 Å². The Labute approximate surface area is 60.4 Å². The van der Waals surface area contributed by atoms with Crippen molar-refractivity contribution in [3.05, 3.63) is 0 Å². The van der Waals surface area contributed by atoms with Crippen LogP contribution in [0.15, 0.2) is 0 Å². The number of hydrogen-bond donors (Lipinski definition) is 2. The fourth-order valence-electron chi connectivity index (χ4n) is 1.13. The standard InChI is InChI=1S/C6H13N3O/c1-6(7)3-9(4-6)5(10)8-2/h3-4,7H2,1-2H3,(H,8,10). The summed E-state index contributed by atoms with van der Waals surface area (Å²) in [4.78, 5) is 12.5. The monoisotopic (exact) mass is 143 g/mol. The molecule has 0 atom stereocenters. The zero-order valence-corrected chi connectivity index (χ0v) is 6.35. The fourth-order valence-corrected chi connectivity index (χ4v) is 1.13. The van der Waals surface area contributed by atoms with Crippen molar-refractivity contribution in [3.8, 4) is 0 Å². The van der Waals surface area contributed by atoms with Crippen molar-refractivity contribution in [1.82, 2.24) is 10.2 Å². The molecule has 1 rings (SSSR count). The third-order valence-electron chi connectivity index (χ3n) is 1.61. The summed E-state index contributed by atoms with van der Waals surface area (Å²) in [6.45, 7) is 3.26. The number of likely N-dealkylation sites (tertiary alicyclic amines) is 1. The molecule has 58 valence electrons. The van der Waals surface area contributed by atoms with Crippen LogP contribution in [0.5, 0.6) is 0 Å². The highest BCUT2D eigenvalue weighted by Crippen LogP contribution is 2.16. The molecule has 0 radical (unpaired) electrons. The van der Waals surface area contributed by atoms with E-state index in [1.54, 1.807) is 11.9 Å². The largest absolute Gasteiger partial charge is 0.341 e. The van der Waals surface area contributed by atoms with Crippen LogP contribution in [0.2, 0.25) is 0 Å². The van der Waals surface area contributed by atoms with Crippen LogP contribution in [0.3, 0.4) is 0 Å². The number of nitrogens with two attached hydrogens (primary N) is 1. The molecule has 0 aromatic carbocycles. The van der Waals surface area contributed by atoms with Crippen LogP contribution < -0.4 is 11.1 Å². The molecule has 2 amide bonds. The van der Waals surface area contributed by atoms with Gasteiger partial charge in [0, 0.05) is 25.7 Å². The number of carbonyl (C=O) groups excluding carboxylic acids is 1. The third-order valence-corrected chi connectivity index (χ3v) is 1.61. The Morgan fingerprint density at radius 2 is 2.20 bits per heavy atom. The number of hydrogen-bond acceptors (Lipinski definition) is 2. The average molecular weight is 143 g/mol. The number of rotatable bonds is 0. The van der Waals surface area contributed by atoms with Gasteiger partial charge < -0.3 is 16.0 Å². The smallest absolute Gasteiger partial charge is 0.317 e. The Hall–Kier alpha value is -0.770. The summed E-state index contributed by atoms with van der Waals surface area (Å²) in [7, 11) is 1.62. The van der Waals surface area contributed by atoms with Crippen molar-refractivity contribution in [1.29, 1.82) is 0 Å². The average Bonchev–Trinajstić information content (AvgIpc) is 1.81. The van der Waals surface area contributed by atoms with E-state index in [0.29, 0.717) is 13.1 Å². The summed E-state index contributed by atoms with van der Waals surface area (Å²) in [6.07, 6.45) is 0. The maximum Gasteiger partial charge on any atom is 0.317 e. The molecule has 0 aromatic rings. The topological polar surface area (TPSA) is 58.4 Å². The number of carbonyl (C=O) groups is 1. The maximum absolute atomic E-state index is 10.8. The number of urea groups is 1. The molecule has 4 nitrogen and oxygen atoms in total. The van der Waals surface area contributed by atoms with Crippen molar-refractivity contribution in [2.75, 3.05) is 20.1 Å². The van der Waals surface area contributed by atoms with Gasteiger partial charge in [0.25, 0.3) is 0 Å². The lowest BCUT2D eigenvalue weighted by molar-refractivity contribution is 0.109. The minimum absolute atomic E-state index is 0.0390. The van der Waals surface area contributed by atoms with Crippen LogP contribution in [0.4, 0.5) is 4.79 Å². The highest BCUT2D eigenvalue weighted by atomic mass is 16.2. The molecule has 0 aromatic heterocycles. The molecule has 0 bridgehead atoms. The minimum Gasteiger partial charge on any atom is -0.341 e. The van der Waals surface area contributed by atoms with Gasteiger partial charge in [-0.15, -0.1) is 0 Å². The SMILES string of the molecule is CNC(=O)N1CC(C)(N)C1. The molecule has 1 aliphatic heterocycles. The summed E-state index contributed by atoms with van der Waals surface area (Å²) in [5.41, 5.74) is 5.52. The first-order valence-electron chi connectivity index (χ1n) is 3.31. The van der Waals surface area contributed by atoms with Gasteiger partial charge in [-0.1, -0.05) is 0 Å². The molecule has 3 N–H and O–H groups in total. The van der Waals surface area contributed by atoms with Crippen molar-refractivity contribution < 1.29 is 4.79 Å². The second kappa shape index (κ2) is 2.12. The Morgan fingerprint density at radius 1 is 1.70 bits per heavy atom. The normalized spacial score (nSPS) is 21.7. The van der Waals surface area contributed by atoms with Crippen molar-refractivity contribution in [2.45, 2.75) is 12.5 Å². The highest BCUT2D eigenvalue weighted by molar-refractivity contribution is 5.75. The van der Waals surface area contributed by atoms with E-state index in [0.717, 1.165) is 0 Å². The van der Waals surface area contributed by atoms with Crippen LogP contribution in [0.1, 0.15) is 6.92 Å². The van der Waals surface area contributed by atoms with E-state index < -0.39 is 0 Å². The van der Waals surface area contributed by atoms with E-state index in [9.17, 15) is 4.79 Å². The van der Waals surface area contributed by atoms with Crippen LogP contribution in [-0.2, 0) is 0 Å². The Bertz CT molecular complexity index is 147. The lowest BCUT2D eigenvalue weighted by Crippen LogP contribution is -2.68.